The molecule has 0 heterocycles. The summed E-state index contributed by atoms with van der Waals surface area (Å²) < 4.78 is 5.48. The van der Waals surface area contributed by atoms with Crippen LogP contribution >= 0.6 is 0 Å². The minimum atomic E-state index is -0.662. The summed E-state index contributed by atoms with van der Waals surface area (Å²) in [6.45, 7) is 9.73. The Labute approximate surface area is 121 Å². The molecule has 0 radical (unpaired) electrons. The van der Waals surface area contributed by atoms with Crippen LogP contribution in [0.3, 0.4) is 0 Å². The number of ether oxygens (including phenoxy) is 1. The minimum absolute atomic E-state index is 0.462. The summed E-state index contributed by atoms with van der Waals surface area (Å²) in [4.78, 5) is 11.9. The molecule has 1 aromatic rings. The first-order valence-corrected chi connectivity index (χ1v) is 6.77. The van der Waals surface area contributed by atoms with E-state index in [-0.39, 0.29) is 0 Å². The maximum absolute atomic E-state index is 11.9. The second-order valence-electron chi connectivity index (χ2n) is 5.22. The van der Waals surface area contributed by atoms with Crippen LogP contribution in [0.15, 0.2) is 54.6 Å². The number of anilines is 1. The summed E-state index contributed by atoms with van der Waals surface area (Å²) in [6, 6.07) is 9.24. The van der Waals surface area contributed by atoms with Crippen molar-refractivity contribution < 1.29 is 9.53 Å². The van der Waals surface area contributed by atoms with Crippen molar-refractivity contribution in [3.05, 3.63) is 54.6 Å². The Morgan fingerprint density at radius 2 is 2.00 bits per heavy atom. The van der Waals surface area contributed by atoms with Crippen molar-refractivity contribution in [3.63, 3.8) is 0 Å². The topological polar surface area (TPSA) is 38.3 Å². The highest BCUT2D eigenvalue weighted by Crippen LogP contribution is 2.21. The number of hydrogen-bond acceptors (Lipinski definition) is 2. The molecule has 1 atom stereocenters. The highest BCUT2D eigenvalue weighted by molar-refractivity contribution is 5.84. The summed E-state index contributed by atoms with van der Waals surface area (Å²) in [7, 11) is 0. The van der Waals surface area contributed by atoms with Gasteiger partial charge in [0.25, 0.3) is 0 Å². The molecule has 0 aromatic heterocycles. The molecule has 1 amide bonds. The normalized spacial score (nSPS) is 12.9. The highest BCUT2D eigenvalue weighted by Gasteiger charge is 2.24. The van der Waals surface area contributed by atoms with Crippen molar-refractivity contribution in [2.45, 2.75) is 39.2 Å². The van der Waals surface area contributed by atoms with E-state index in [2.05, 4.69) is 18.0 Å². The molecule has 3 heteroatoms. The van der Waals surface area contributed by atoms with Crippen molar-refractivity contribution in [3.8, 4) is 0 Å². The summed E-state index contributed by atoms with van der Waals surface area (Å²) >= 11 is 0. The Balaban J connectivity index is 2.56. The van der Waals surface area contributed by atoms with Crippen LogP contribution in [-0.2, 0) is 4.74 Å². The van der Waals surface area contributed by atoms with Gasteiger partial charge in [0.2, 0.25) is 0 Å². The van der Waals surface area contributed by atoms with Gasteiger partial charge in [0.15, 0.2) is 0 Å². The van der Waals surface area contributed by atoms with Gasteiger partial charge in [-0.2, -0.15) is 0 Å². The molecule has 1 rings (SSSR count). The lowest BCUT2D eigenvalue weighted by Gasteiger charge is -2.25. The zero-order valence-corrected chi connectivity index (χ0v) is 12.5. The number of carbonyl (C=O) groups excluding carboxylic acids is 1. The third-order valence-electron chi connectivity index (χ3n) is 2.97. The summed E-state index contributed by atoms with van der Waals surface area (Å²) in [5.41, 5.74) is 1.31. The van der Waals surface area contributed by atoms with Crippen LogP contribution in [-0.4, -0.2) is 11.7 Å². The van der Waals surface area contributed by atoms with Gasteiger partial charge in [-0.15, -0.1) is 0 Å². The van der Waals surface area contributed by atoms with E-state index in [1.165, 1.54) is 5.57 Å². The molecule has 3 nitrogen and oxygen atoms in total. The van der Waals surface area contributed by atoms with E-state index in [0.29, 0.717) is 12.1 Å². The Hall–Kier alpha value is -2.03. The lowest BCUT2D eigenvalue weighted by Crippen LogP contribution is -2.31. The molecule has 1 unspecified atom stereocenters. The molecule has 0 aliphatic carbocycles. The zero-order chi connectivity index (χ0) is 15.0. The van der Waals surface area contributed by atoms with Gasteiger partial charge in [0.05, 0.1) is 0 Å². The SMILES string of the molecule is C=CC(C)(CCC=C(C)C)OC(=O)Nc1ccccc1. The van der Waals surface area contributed by atoms with Crippen molar-refractivity contribution in [1.82, 2.24) is 0 Å². The van der Waals surface area contributed by atoms with Crippen LogP contribution < -0.4 is 5.32 Å². The molecular formula is C17H23NO2. The van der Waals surface area contributed by atoms with Gasteiger partial charge in [-0.1, -0.05) is 36.4 Å². The summed E-state index contributed by atoms with van der Waals surface area (Å²) in [5, 5.41) is 2.71. The van der Waals surface area contributed by atoms with Gasteiger partial charge in [-0.05, 0) is 51.8 Å². The third kappa shape index (κ3) is 5.74. The highest BCUT2D eigenvalue weighted by atomic mass is 16.6. The standard InChI is InChI=1S/C17H23NO2/c1-5-17(4,13-9-10-14(2)3)20-16(19)18-15-11-7-6-8-12-15/h5-8,10-12H,1,9,13H2,2-4H3,(H,18,19). The van der Waals surface area contributed by atoms with Crippen LogP contribution in [0.5, 0.6) is 0 Å². The van der Waals surface area contributed by atoms with Crippen LogP contribution in [0.2, 0.25) is 0 Å². The van der Waals surface area contributed by atoms with E-state index in [4.69, 9.17) is 4.74 Å². The van der Waals surface area contributed by atoms with Gasteiger partial charge < -0.3 is 4.74 Å². The second kappa shape index (κ2) is 7.53. The van der Waals surface area contributed by atoms with Gasteiger partial charge in [0, 0.05) is 5.69 Å². The Kier molecular flexibility index (Phi) is 6.04. The fourth-order valence-electron chi connectivity index (χ4n) is 1.72. The van der Waals surface area contributed by atoms with E-state index in [1.54, 1.807) is 6.08 Å². The van der Waals surface area contributed by atoms with Gasteiger partial charge >= 0.3 is 6.09 Å². The lowest BCUT2D eigenvalue weighted by molar-refractivity contribution is 0.0654. The predicted octanol–water partition coefficient (Wildman–Crippen LogP) is 4.93. The molecule has 108 valence electrons. The fraction of sp³-hybridized carbons (Fsp3) is 0.353. The maximum atomic E-state index is 11.9. The van der Waals surface area contributed by atoms with E-state index >= 15 is 0 Å². The number of nitrogens with one attached hydrogen (secondary N) is 1. The quantitative estimate of drug-likeness (QED) is 0.746. The number of amides is 1. The smallest absolute Gasteiger partial charge is 0.412 e. The number of benzene rings is 1. The molecule has 0 aliphatic heterocycles. The van der Waals surface area contributed by atoms with Crippen LogP contribution in [0.4, 0.5) is 10.5 Å². The molecule has 0 aliphatic rings. The maximum Gasteiger partial charge on any atom is 0.412 e. The molecule has 20 heavy (non-hydrogen) atoms. The molecule has 0 bridgehead atoms. The number of para-hydroxylation sites is 1. The zero-order valence-electron chi connectivity index (χ0n) is 12.5. The predicted molar refractivity (Wildman–Crippen MR) is 83.8 cm³/mol. The molecule has 0 spiro atoms. The summed E-state index contributed by atoms with van der Waals surface area (Å²) in [6.07, 6.45) is 4.90. The Morgan fingerprint density at radius 1 is 1.35 bits per heavy atom. The van der Waals surface area contributed by atoms with Crippen LogP contribution in [0.1, 0.15) is 33.6 Å². The lowest BCUT2D eigenvalue weighted by atomic mass is 9.99. The number of hydrogen-bond donors (Lipinski definition) is 1. The summed E-state index contributed by atoms with van der Waals surface area (Å²) in [5.74, 6) is 0. The largest absolute Gasteiger partial charge is 0.439 e. The van der Waals surface area contributed by atoms with E-state index in [0.717, 1.165) is 6.42 Å². The molecule has 0 fully saturated rings. The second-order valence-corrected chi connectivity index (χ2v) is 5.22. The van der Waals surface area contributed by atoms with Gasteiger partial charge in [-0.3, -0.25) is 5.32 Å². The Bertz CT molecular complexity index is 475. The average molecular weight is 273 g/mol. The van der Waals surface area contributed by atoms with Crippen LogP contribution in [0, 0.1) is 0 Å². The fourth-order valence-corrected chi connectivity index (χ4v) is 1.72. The number of carbonyl (C=O) groups is 1. The van der Waals surface area contributed by atoms with E-state index in [9.17, 15) is 4.79 Å². The van der Waals surface area contributed by atoms with Crippen molar-refractivity contribution in [2.75, 3.05) is 5.32 Å². The first kappa shape index (κ1) is 16.0. The molecule has 0 saturated heterocycles. The van der Waals surface area contributed by atoms with Gasteiger partial charge in [-0.25, -0.2) is 4.79 Å². The average Bonchev–Trinajstić information content (AvgIpc) is 2.39. The first-order chi connectivity index (χ1) is 9.45. The molecule has 0 saturated carbocycles. The first-order valence-electron chi connectivity index (χ1n) is 6.77. The third-order valence-corrected chi connectivity index (χ3v) is 2.97. The van der Waals surface area contributed by atoms with Crippen molar-refractivity contribution in [1.29, 1.82) is 0 Å². The Morgan fingerprint density at radius 3 is 2.55 bits per heavy atom. The van der Waals surface area contributed by atoms with E-state index < -0.39 is 11.7 Å². The van der Waals surface area contributed by atoms with Crippen LogP contribution in [0.25, 0.3) is 0 Å². The number of rotatable bonds is 6. The van der Waals surface area contributed by atoms with Gasteiger partial charge in [0.1, 0.15) is 5.60 Å². The molecular weight excluding hydrogens is 250 g/mol. The number of allylic oxidation sites excluding steroid dienone is 2. The molecule has 1 aromatic carbocycles. The minimum Gasteiger partial charge on any atom is -0.439 e. The van der Waals surface area contributed by atoms with Crippen molar-refractivity contribution >= 4 is 11.8 Å². The van der Waals surface area contributed by atoms with E-state index in [1.807, 2.05) is 51.1 Å². The monoisotopic (exact) mass is 273 g/mol. The van der Waals surface area contributed by atoms with Crippen molar-refractivity contribution in [2.24, 2.45) is 0 Å². The molecule has 1 N–H and O–H groups in total.